The Labute approximate surface area is 122 Å². The van der Waals surface area contributed by atoms with Crippen molar-refractivity contribution < 1.29 is 0 Å². The van der Waals surface area contributed by atoms with E-state index in [0.717, 1.165) is 18.9 Å². The summed E-state index contributed by atoms with van der Waals surface area (Å²) in [7, 11) is 0. The molecule has 0 fully saturated rings. The molecular weight excluding hydrogens is 244 g/mol. The lowest BCUT2D eigenvalue weighted by atomic mass is 9.98. The van der Waals surface area contributed by atoms with Crippen molar-refractivity contribution in [3.05, 3.63) is 42.2 Å². The molecule has 20 heavy (non-hydrogen) atoms. The highest BCUT2D eigenvalue weighted by Gasteiger charge is 2.14. The van der Waals surface area contributed by atoms with Crippen LogP contribution in [0.2, 0.25) is 0 Å². The molecule has 1 heterocycles. The van der Waals surface area contributed by atoms with Gasteiger partial charge in [-0.1, -0.05) is 57.9 Å². The molecule has 0 radical (unpaired) electrons. The van der Waals surface area contributed by atoms with Crippen molar-refractivity contribution in [2.45, 2.75) is 46.1 Å². The second-order valence-electron chi connectivity index (χ2n) is 5.85. The van der Waals surface area contributed by atoms with Crippen LogP contribution in [0.3, 0.4) is 0 Å². The third-order valence-corrected chi connectivity index (χ3v) is 3.76. The van der Waals surface area contributed by atoms with Crippen molar-refractivity contribution >= 4 is 10.8 Å². The Morgan fingerprint density at radius 3 is 2.65 bits per heavy atom. The molecule has 0 aliphatic carbocycles. The van der Waals surface area contributed by atoms with Crippen molar-refractivity contribution in [2.24, 2.45) is 5.92 Å². The molecule has 2 aromatic rings. The maximum Gasteiger partial charge on any atom is 0.0651 e. The van der Waals surface area contributed by atoms with Gasteiger partial charge in [-0.3, -0.25) is 4.98 Å². The molecule has 1 aromatic heterocycles. The van der Waals surface area contributed by atoms with Crippen molar-refractivity contribution in [3.8, 4) is 0 Å². The first-order valence-electron chi connectivity index (χ1n) is 7.79. The summed E-state index contributed by atoms with van der Waals surface area (Å²) in [4.78, 5) is 4.66. The average molecular weight is 270 g/mol. The van der Waals surface area contributed by atoms with Crippen LogP contribution < -0.4 is 5.32 Å². The second-order valence-corrected chi connectivity index (χ2v) is 5.85. The number of benzene rings is 1. The fraction of sp³-hybridized carbons (Fsp3) is 0.500. The lowest BCUT2D eigenvalue weighted by Crippen LogP contribution is -2.22. The van der Waals surface area contributed by atoms with E-state index in [9.17, 15) is 0 Å². The number of rotatable bonds is 7. The Morgan fingerprint density at radius 1 is 1.10 bits per heavy atom. The molecule has 1 aromatic carbocycles. The number of fused-ring (bicyclic) bond motifs is 1. The van der Waals surface area contributed by atoms with Crippen LogP contribution in [0.1, 0.15) is 51.8 Å². The number of nitrogens with zero attached hydrogens (tertiary/aromatic N) is 1. The molecule has 0 aliphatic heterocycles. The summed E-state index contributed by atoms with van der Waals surface area (Å²) >= 11 is 0. The predicted octanol–water partition coefficient (Wildman–Crippen LogP) is 4.71. The van der Waals surface area contributed by atoms with Crippen LogP contribution in [0.5, 0.6) is 0 Å². The molecule has 0 aliphatic rings. The SMILES string of the molecule is CCNC(CCCC(C)C)c1nccc2ccccc12. The summed E-state index contributed by atoms with van der Waals surface area (Å²) in [5, 5.41) is 6.17. The number of nitrogens with one attached hydrogen (secondary N) is 1. The first-order chi connectivity index (χ1) is 9.72. The Balaban J connectivity index is 2.22. The summed E-state index contributed by atoms with van der Waals surface area (Å²) in [5.74, 6) is 0.776. The fourth-order valence-corrected chi connectivity index (χ4v) is 2.73. The Hall–Kier alpha value is -1.41. The van der Waals surface area contributed by atoms with E-state index in [1.807, 2.05) is 6.20 Å². The van der Waals surface area contributed by atoms with E-state index in [-0.39, 0.29) is 0 Å². The van der Waals surface area contributed by atoms with E-state index >= 15 is 0 Å². The van der Waals surface area contributed by atoms with Crippen molar-refractivity contribution in [1.82, 2.24) is 10.3 Å². The minimum atomic E-state index is 0.366. The molecule has 0 amide bonds. The summed E-state index contributed by atoms with van der Waals surface area (Å²) in [6.45, 7) is 7.73. The fourth-order valence-electron chi connectivity index (χ4n) is 2.73. The zero-order chi connectivity index (χ0) is 14.4. The van der Waals surface area contributed by atoms with Gasteiger partial charge in [0.2, 0.25) is 0 Å². The largest absolute Gasteiger partial charge is 0.309 e. The van der Waals surface area contributed by atoms with Gasteiger partial charge in [-0.25, -0.2) is 0 Å². The van der Waals surface area contributed by atoms with Crippen LogP contribution in [0.25, 0.3) is 10.8 Å². The molecule has 1 atom stereocenters. The zero-order valence-corrected chi connectivity index (χ0v) is 12.9. The number of aromatic nitrogens is 1. The van der Waals surface area contributed by atoms with E-state index in [4.69, 9.17) is 0 Å². The van der Waals surface area contributed by atoms with Gasteiger partial charge >= 0.3 is 0 Å². The molecule has 0 spiro atoms. The summed E-state index contributed by atoms with van der Waals surface area (Å²) < 4.78 is 0. The number of pyridine rings is 1. The highest BCUT2D eigenvalue weighted by Crippen LogP contribution is 2.26. The minimum absolute atomic E-state index is 0.366. The molecule has 2 nitrogen and oxygen atoms in total. The molecule has 1 N–H and O–H groups in total. The Morgan fingerprint density at radius 2 is 1.90 bits per heavy atom. The molecular formula is C18H26N2. The van der Waals surface area contributed by atoms with Gasteiger partial charge in [-0.15, -0.1) is 0 Å². The number of hydrogen-bond donors (Lipinski definition) is 1. The van der Waals surface area contributed by atoms with Crippen LogP contribution in [-0.4, -0.2) is 11.5 Å². The third kappa shape index (κ3) is 3.80. The molecule has 1 unspecified atom stereocenters. The van der Waals surface area contributed by atoms with E-state index in [1.54, 1.807) is 0 Å². The molecule has 108 valence electrons. The quantitative estimate of drug-likeness (QED) is 0.788. The molecule has 2 rings (SSSR count). The van der Waals surface area contributed by atoms with Crippen LogP contribution in [0.4, 0.5) is 0 Å². The molecule has 0 bridgehead atoms. The van der Waals surface area contributed by atoms with Crippen molar-refractivity contribution in [3.63, 3.8) is 0 Å². The average Bonchev–Trinajstić information content (AvgIpc) is 2.45. The van der Waals surface area contributed by atoms with Gasteiger partial charge in [-0.05, 0) is 30.3 Å². The van der Waals surface area contributed by atoms with E-state index in [2.05, 4.69) is 61.4 Å². The zero-order valence-electron chi connectivity index (χ0n) is 12.9. The van der Waals surface area contributed by atoms with Crippen molar-refractivity contribution in [1.29, 1.82) is 0 Å². The van der Waals surface area contributed by atoms with Crippen LogP contribution in [-0.2, 0) is 0 Å². The van der Waals surface area contributed by atoms with Crippen LogP contribution in [0.15, 0.2) is 36.5 Å². The number of hydrogen-bond acceptors (Lipinski definition) is 2. The van der Waals surface area contributed by atoms with Gasteiger partial charge in [-0.2, -0.15) is 0 Å². The summed E-state index contributed by atoms with van der Waals surface area (Å²) in [5.41, 5.74) is 1.20. The van der Waals surface area contributed by atoms with Crippen LogP contribution >= 0.6 is 0 Å². The Bertz CT molecular complexity index is 528. The van der Waals surface area contributed by atoms with E-state index < -0.39 is 0 Å². The lowest BCUT2D eigenvalue weighted by molar-refractivity contribution is 0.451. The van der Waals surface area contributed by atoms with Gasteiger partial charge in [0, 0.05) is 11.6 Å². The molecule has 2 heteroatoms. The third-order valence-electron chi connectivity index (χ3n) is 3.76. The second kappa shape index (κ2) is 7.39. The minimum Gasteiger partial charge on any atom is -0.309 e. The predicted molar refractivity (Wildman–Crippen MR) is 86.8 cm³/mol. The monoisotopic (exact) mass is 270 g/mol. The van der Waals surface area contributed by atoms with Gasteiger partial charge in [0.05, 0.1) is 11.7 Å². The van der Waals surface area contributed by atoms with E-state index in [1.165, 1.54) is 29.3 Å². The standard InChI is InChI=1S/C18H26N2/c1-4-19-17(11-7-8-14(2)3)18-16-10-6-5-9-15(16)12-13-20-18/h5-6,9-10,12-14,17,19H,4,7-8,11H2,1-3H3. The molecule has 0 saturated heterocycles. The topological polar surface area (TPSA) is 24.9 Å². The van der Waals surface area contributed by atoms with Gasteiger partial charge in [0.15, 0.2) is 0 Å². The maximum atomic E-state index is 4.66. The van der Waals surface area contributed by atoms with Gasteiger partial charge in [0.1, 0.15) is 0 Å². The van der Waals surface area contributed by atoms with Gasteiger partial charge in [0.25, 0.3) is 0 Å². The first-order valence-corrected chi connectivity index (χ1v) is 7.79. The van der Waals surface area contributed by atoms with Gasteiger partial charge < -0.3 is 5.32 Å². The lowest BCUT2D eigenvalue weighted by Gasteiger charge is -2.19. The highest BCUT2D eigenvalue weighted by molar-refractivity contribution is 5.84. The van der Waals surface area contributed by atoms with E-state index in [0.29, 0.717) is 6.04 Å². The van der Waals surface area contributed by atoms with Crippen molar-refractivity contribution in [2.75, 3.05) is 6.54 Å². The Kier molecular flexibility index (Phi) is 5.54. The maximum absolute atomic E-state index is 4.66. The normalized spacial score (nSPS) is 13.0. The first kappa shape index (κ1) is 15.0. The summed E-state index contributed by atoms with van der Waals surface area (Å²) in [6.07, 6.45) is 5.63. The molecule has 0 saturated carbocycles. The van der Waals surface area contributed by atoms with Crippen LogP contribution in [0, 0.1) is 5.92 Å². The highest BCUT2D eigenvalue weighted by atomic mass is 14.9. The summed E-state index contributed by atoms with van der Waals surface area (Å²) in [6, 6.07) is 11.0. The smallest absolute Gasteiger partial charge is 0.0651 e.